The van der Waals surface area contributed by atoms with Crippen molar-refractivity contribution >= 4 is 41.3 Å². The van der Waals surface area contributed by atoms with Gasteiger partial charge in [0.05, 0.1) is 23.8 Å². The van der Waals surface area contributed by atoms with Crippen molar-refractivity contribution in [2.45, 2.75) is 26.4 Å². The summed E-state index contributed by atoms with van der Waals surface area (Å²) in [5.41, 5.74) is 1.12. The second-order valence-corrected chi connectivity index (χ2v) is 7.46. The van der Waals surface area contributed by atoms with Gasteiger partial charge >= 0.3 is 0 Å². The smallest absolute Gasteiger partial charge is 0.194 e. The Hall–Kier alpha value is -0.450. The molecule has 4 rings (SSSR count). The largest absolute Gasteiger partial charge is 0.357 e. The number of hydrogen-bond donors (Lipinski definition) is 1. The number of halogens is 1. The van der Waals surface area contributed by atoms with E-state index >= 15 is 0 Å². The summed E-state index contributed by atoms with van der Waals surface area (Å²) in [6, 6.07) is 0.570. The lowest BCUT2D eigenvalue weighted by molar-refractivity contribution is 0.0173. The lowest BCUT2D eigenvalue weighted by Gasteiger charge is -2.47. The molecule has 0 amide bonds. The van der Waals surface area contributed by atoms with Crippen LogP contribution in [0, 0.1) is 6.92 Å². The van der Waals surface area contributed by atoms with E-state index in [0.717, 1.165) is 42.8 Å². The maximum absolute atomic E-state index is 4.90. The normalized spacial score (nSPS) is 26.1. The van der Waals surface area contributed by atoms with Crippen LogP contribution in [0.2, 0.25) is 0 Å². The summed E-state index contributed by atoms with van der Waals surface area (Å²) in [7, 11) is 2.09. The van der Waals surface area contributed by atoms with Gasteiger partial charge in [0.2, 0.25) is 0 Å². The molecule has 2 bridgehead atoms. The summed E-state index contributed by atoms with van der Waals surface area (Å²) in [5, 5.41) is 6.67. The number of thiazole rings is 1. The molecular weight excluding hydrogens is 435 g/mol. The van der Waals surface area contributed by atoms with Gasteiger partial charge in [0.15, 0.2) is 5.96 Å². The number of aromatic nitrogens is 1. The standard InChI is InChI=1S/C16H28N6S.HI/c1-4-17-16(20(3)10-14-12-23-13(2)19-14)18-9-15-11-21-5-7-22(15)8-6-21;/h12,15H,4-11H2,1-3H3,(H,17,18);1H. The fourth-order valence-electron chi connectivity index (χ4n) is 3.36. The average molecular weight is 464 g/mol. The molecule has 6 nitrogen and oxygen atoms in total. The number of piperazine rings is 3. The number of nitrogens with zero attached hydrogens (tertiary/aromatic N) is 5. The molecule has 0 radical (unpaired) electrons. The molecular formula is C16H29IN6S. The van der Waals surface area contributed by atoms with Crippen molar-refractivity contribution in [2.75, 3.05) is 52.9 Å². The number of rotatable bonds is 5. The van der Waals surface area contributed by atoms with Gasteiger partial charge < -0.3 is 10.2 Å². The van der Waals surface area contributed by atoms with E-state index in [1.807, 2.05) is 0 Å². The van der Waals surface area contributed by atoms with Crippen LogP contribution in [0.4, 0.5) is 0 Å². The summed E-state index contributed by atoms with van der Waals surface area (Å²) in [6.07, 6.45) is 0. The zero-order chi connectivity index (χ0) is 16.2. The lowest BCUT2D eigenvalue weighted by Crippen LogP contribution is -2.62. The highest BCUT2D eigenvalue weighted by atomic mass is 127. The van der Waals surface area contributed by atoms with Crippen molar-refractivity contribution in [1.29, 1.82) is 0 Å². The highest BCUT2D eigenvalue weighted by Gasteiger charge is 2.31. The molecule has 3 aliphatic heterocycles. The van der Waals surface area contributed by atoms with Gasteiger partial charge in [0.1, 0.15) is 0 Å². The van der Waals surface area contributed by atoms with Gasteiger partial charge in [0.25, 0.3) is 0 Å². The first-order chi connectivity index (χ1) is 11.2. The predicted octanol–water partition coefficient (Wildman–Crippen LogP) is 1.47. The average Bonchev–Trinajstić information content (AvgIpc) is 2.97. The molecule has 0 saturated carbocycles. The van der Waals surface area contributed by atoms with Gasteiger partial charge in [-0.2, -0.15) is 0 Å². The first-order valence-corrected chi connectivity index (χ1v) is 9.40. The third-order valence-electron chi connectivity index (χ3n) is 4.61. The third kappa shape index (κ3) is 5.03. The van der Waals surface area contributed by atoms with Crippen molar-refractivity contribution in [2.24, 2.45) is 4.99 Å². The minimum Gasteiger partial charge on any atom is -0.357 e. The topological polar surface area (TPSA) is 47.0 Å². The molecule has 136 valence electrons. The van der Waals surface area contributed by atoms with Crippen LogP contribution in [0.1, 0.15) is 17.6 Å². The van der Waals surface area contributed by atoms with Crippen LogP contribution in [0.25, 0.3) is 0 Å². The van der Waals surface area contributed by atoms with Crippen LogP contribution >= 0.6 is 35.3 Å². The van der Waals surface area contributed by atoms with E-state index in [4.69, 9.17) is 4.99 Å². The van der Waals surface area contributed by atoms with E-state index in [2.05, 4.69) is 51.3 Å². The van der Waals surface area contributed by atoms with Gasteiger partial charge in [-0.1, -0.05) is 0 Å². The van der Waals surface area contributed by atoms with E-state index in [9.17, 15) is 0 Å². The summed E-state index contributed by atoms with van der Waals surface area (Å²) >= 11 is 1.71. The molecule has 0 spiro atoms. The molecule has 1 aromatic rings. The molecule has 1 atom stereocenters. The predicted molar refractivity (Wildman–Crippen MR) is 112 cm³/mol. The summed E-state index contributed by atoms with van der Waals surface area (Å²) in [4.78, 5) is 16.8. The molecule has 24 heavy (non-hydrogen) atoms. The zero-order valence-electron chi connectivity index (χ0n) is 14.9. The van der Waals surface area contributed by atoms with Crippen molar-refractivity contribution in [3.63, 3.8) is 0 Å². The Morgan fingerprint density at radius 1 is 1.42 bits per heavy atom. The van der Waals surface area contributed by atoms with E-state index in [1.165, 1.54) is 26.2 Å². The Morgan fingerprint density at radius 2 is 2.17 bits per heavy atom. The second kappa shape index (κ2) is 9.30. The fourth-order valence-corrected chi connectivity index (χ4v) is 3.96. The molecule has 1 aromatic heterocycles. The minimum atomic E-state index is 0. The third-order valence-corrected chi connectivity index (χ3v) is 5.43. The Bertz CT molecular complexity index is 540. The van der Waals surface area contributed by atoms with Crippen molar-refractivity contribution in [3.8, 4) is 0 Å². The summed E-state index contributed by atoms with van der Waals surface area (Å²) in [6.45, 7) is 12.7. The summed E-state index contributed by atoms with van der Waals surface area (Å²) < 4.78 is 0. The molecule has 1 unspecified atom stereocenters. The number of fused-ring (bicyclic) bond motifs is 3. The van der Waals surface area contributed by atoms with Crippen molar-refractivity contribution < 1.29 is 0 Å². The number of hydrogen-bond acceptors (Lipinski definition) is 5. The summed E-state index contributed by atoms with van der Waals surface area (Å²) in [5.74, 6) is 0.982. The van der Waals surface area contributed by atoms with E-state index in [0.29, 0.717) is 6.04 Å². The van der Waals surface area contributed by atoms with Gasteiger partial charge in [-0.25, -0.2) is 4.98 Å². The van der Waals surface area contributed by atoms with Gasteiger partial charge in [-0.15, -0.1) is 35.3 Å². The minimum absolute atomic E-state index is 0. The number of nitrogens with one attached hydrogen (secondary N) is 1. The van der Waals surface area contributed by atoms with Crippen LogP contribution in [-0.4, -0.2) is 84.5 Å². The van der Waals surface area contributed by atoms with Crippen LogP contribution in [0.15, 0.2) is 10.4 Å². The molecule has 1 N–H and O–H groups in total. The SMILES string of the molecule is CCNC(=NCC1CN2CCN1CC2)N(C)Cc1csc(C)n1.I. The maximum atomic E-state index is 4.90. The van der Waals surface area contributed by atoms with Crippen molar-refractivity contribution in [1.82, 2.24) is 25.0 Å². The Kier molecular flexibility index (Phi) is 7.70. The Labute approximate surface area is 166 Å². The molecule has 3 saturated heterocycles. The van der Waals surface area contributed by atoms with E-state index in [1.54, 1.807) is 11.3 Å². The molecule has 0 aliphatic carbocycles. The second-order valence-electron chi connectivity index (χ2n) is 6.40. The van der Waals surface area contributed by atoms with Crippen molar-refractivity contribution in [3.05, 3.63) is 16.1 Å². The lowest BCUT2D eigenvalue weighted by atomic mass is 10.1. The van der Waals surface area contributed by atoms with Gasteiger partial charge in [-0.3, -0.25) is 14.8 Å². The molecule has 8 heteroatoms. The maximum Gasteiger partial charge on any atom is 0.194 e. The van der Waals surface area contributed by atoms with E-state index < -0.39 is 0 Å². The molecule has 4 heterocycles. The number of aliphatic imine (C=N–C) groups is 1. The first-order valence-electron chi connectivity index (χ1n) is 8.52. The number of guanidine groups is 1. The quantitative estimate of drug-likeness (QED) is 0.407. The van der Waals surface area contributed by atoms with Crippen LogP contribution in [0.3, 0.4) is 0 Å². The van der Waals surface area contributed by atoms with E-state index in [-0.39, 0.29) is 24.0 Å². The van der Waals surface area contributed by atoms with Gasteiger partial charge in [-0.05, 0) is 13.8 Å². The van der Waals surface area contributed by atoms with Crippen LogP contribution < -0.4 is 5.32 Å². The fraction of sp³-hybridized carbons (Fsp3) is 0.750. The zero-order valence-corrected chi connectivity index (χ0v) is 18.0. The monoisotopic (exact) mass is 464 g/mol. The van der Waals surface area contributed by atoms with Crippen LogP contribution in [-0.2, 0) is 6.54 Å². The number of aryl methyl sites for hydroxylation is 1. The van der Waals surface area contributed by atoms with Crippen LogP contribution in [0.5, 0.6) is 0 Å². The molecule has 3 fully saturated rings. The Morgan fingerprint density at radius 3 is 2.71 bits per heavy atom. The Balaban J connectivity index is 0.00000208. The highest BCUT2D eigenvalue weighted by molar-refractivity contribution is 14.0. The highest BCUT2D eigenvalue weighted by Crippen LogP contribution is 2.16. The first kappa shape index (κ1) is 19.9. The molecule has 0 aromatic carbocycles. The molecule has 3 aliphatic rings. The van der Waals surface area contributed by atoms with Gasteiger partial charge in [0, 0.05) is 57.7 Å².